The van der Waals surface area contributed by atoms with Crippen molar-refractivity contribution in [1.82, 2.24) is 9.78 Å². The van der Waals surface area contributed by atoms with Gasteiger partial charge in [0.05, 0.1) is 22.3 Å². The first-order chi connectivity index (χ1) is 11.7. The smallest absolute Gasteiger partial charge is 0.317 e. The van der Waals surface area contributed by atoms with Gasteiger partial charge in [0, 0.05) is 11.8 Å². The summed E-state index contributed by atoms with van der Waals surface area (Å²) in [7, 11) is 0. The van der Waals surface area contributed by atoms with E-state index in [1.807, 2.05) is 33.8 Å². The van der Waals surface area contributed by atoms with Crippen LogP contribution in [-0.2, 0) is 9.53 Å². The highest BCUT2D eigenvalue weighted by Gasteiger charge is 2.41. The molecule has 2 unspecified atom stereocenters. The highest BCUT2D eigenvalue weighted by Crippen LogP contribution is 2.41. The summed E-state index contributed by atoms with van der Waals surface area (Å²) in [6.07, 6.45) is 1.65. The highest BCUT2D eigenvalue weighted by atomic mass is 35.5. The first-order valence-electron chi connectivity index (χ1n) is 7.94. The lowest BCUT2D eigenvalue weighted by molar-refractivity contribution is -0.158. The zero-order valence-electron chi connectivity index (χ0n) is 14.5. The molecule has 0 radical (unpaired) electrons. The molecule has 3 rings (SSSR count). The molecule has 2 heterocycles. The monoisotopic (exact) mass is 379 g/mol. The van der Waals surface area contributed by atoms with Crippen LogP contribution in [0.3, 0.4) is 0 Å². The number of benzene rings is 1. The lowest BCUT2D eigenvalue weighted by Crippen LogP contribution is -2.39. The van der Waals surface area contributed by atoms with Gasteiger partial charge in [0.1, 0.15) is 11.5 Å². The predicted molar refractivity (Wildman–Crippen MR) is 98.9 cm³/mol. The fourth-order valence-corrected chi connectivity index (χ4v) is 3.37. The Morgan fingerprint density at radius 3 is 2.64 bits per heavy atom. The largest absolute Gasteiger partial charge is 0.459 e. The summed E-state index contributed by atoms with van der Waals surface area (Å²) in [5.74, 6) is -0.336. The molecule has 1 aromatic heterocycles. The fourth-order valence-electron chi connectivity index (χ4n) is 2.95. The van der Waals surface area contributed by atoms with E-state index >= 15 is 0 Å². The van der Waals surface area contributed by atoms with Crippen LogP contribution in [0.4, 0.5) is 5.82 Å². The van der Waals surface area contributed by atoms with Crippen LogP contribution in [0.5, 0.6) is 0 Å². The van der Waals surface area contributed by atoms with Crippen LogP contribution < -0.4 is 0 Å². The number of hydrogen-bond acceptors (Lipinski definition) is 4. The number of esters is 1. The lowest BCUT2D eigenvalue weighted by Gasteiger charge is -2.33. The van der Waals surface area contributed by atoms with Gasteiger partial charge in [-0.1, -0.05) is 35.3 Å². The average molecular weight is 380 g/mol. The van der Waals surface area contributed by atoms with E-state index in [-0.39, 0.29) is 5.97 Å². The quantitative estimate of drug-likeness (QED) is 0.701. The third kappa shape index (κ3) is 3.44. The Kier molecular flexibility index (Phi) is 4.64. The molecule has 0 saturated heterocycles. The van der Waals surface area contributed by atoms with E-state index in [0.29, 0.717) is 27.1 Å². The molecule has 0 saturated carbocycles. The van der Waals surface area contributed by atoms with Gasteiger partial charge in [-0.05, 0) is 39.3 Å². The van der Waals surface area contributed by atoms with Gasteiger partial charge < -0.3 is 4.74 Å². The summed E-state index contributed by atoms with van der Waals surface area (Å²) in [4.78, 5) is 17.4. The van der Waals surface area contributed by atoms with Crippen molar-refractivity contribution in [3.8, 4) is 0 Å². The normalized spacial score (nSPS) is 20.0. The zero-order chi connectivity index (χ0) is 18.4. The molecule has 0 aliphatic carbocycles. The molecular formula is C18H19Cl2N3O2. The van der Waals surface area contributed by atoms with Crippen LogP contribution in [0.15, 0.2) is 35.5 Å². The lowest BCUT2D eigenvalue weighted by atomic mass is 9.88. The molecule has 7 heteroatoms. The number of aliphatic imine (C=N–C) groups is 1. The average Bonchev–Trinajstić information content (AvgIpc) is 2.94. The Labute approximate surface area is 156 Å². The Balaban J connectivity index is 2.15. The van der Waals surface area contributed by atoms with Gasteiger partial charge in [0.15, 0.2) is 5.82 Å². The number of carbonyl (C=O) groups is 1. The molecule has 132 valence electrons. The van der Waals surface area contributed by atoms with E-state index in [1.165, 1.54) is 0 Å². The molecule has 1 aliphatic rings. The number of halogens is 2. The first kappa shape index (κ1) is 18.0. The van der Waals surface area contributed by atoms with Crippen LogP contribution in [0, 0.1) is 5.92 Å². The Hall–Kier alpha value is -1.85. The second-order valence-electron chi connectivity index (χ2n) is 6.99. The zero-order valence-corrected chi connectivity index (χ0v) is 16.0. The molecule has 2 atom stereocenters. The number of ether oxygens (including phenoxy) is 1. The van der Waals surface area contributed by atoms with Gasteiger partial charge >= 0.3 is 5.97 Å². The molecule has 0 amide bonds. The van der Waals surface area contributed by atoms with Gasteiger partial charge in [-0.25, -0.2) is 9.67 Å². The van der Waals surface area contributed by atoms with Crippen LogP contribution in [-0.4, -0.2) is 27.1 Å². The van der Waals surface area contributed by atoms with Gasteiger partial charge in [-0.3, -0.25) is 4.79 Å². The van der Waals surface area contributed by atoms with Gasteiger partial charge in [0.2, 0.25) is 0 Å². The summed E-state index contributed by atoms with van der Waals surface area (Å²) in [5, 5.41) is 5.18. The molecule has 25 heavy (non-hydrogen) atoms. The molecule has 2 aromatic rings. The second kappa shape index (κ2) is 6.46. The van der Waals surface area contributed by atoms with E-state index in [9.17, 15) is 4.79 Å². The van der Waals surface area contributed by atoms with E-state index in [2.05, 4.69) is 10.1 Å². The summed E-state index contributed by atoms with van der Waals surface area (Å²) in [6, 6.07) is 6.69. The Morgan fingerprint density at radius 2 is 1.96 bits per heavy atom. The summed E-state index contributed by atoms with van der Waals surface area (Å²) in [5.41, 5.74) is 0.761. The SMILES string of the molecule is CC1=Nc2ccnn2C(c2cccc(Cl)c2Cl)C1C(=O)OC(C)(C)C. The van der Waals surface area contributed by atoms with Crippen LogP contribution in [0.2, 0.25) is 10.0 Å². The molecule has 1 aliphatic heterocycles. The van der Waals surface area contributed by atoms with Crippen molar-refractivity contribution in [2.24, 2.45) is 10.9 Å². The number of aromatic nitrogens is 2. The maximum absolute atomic E-state index is 12.9. The Bertz CT molecular complexity index is 852. The predicted octanol–water partition coefficient (Wildman–Crippen LogP) is 4.84. The van der Waals surface area contributed by atoms with Crippen molar-refractivity contribution >= 4 is 40.7 Å². The molecule has 0 spiro atoms. The van der Waals surface area contributed by atoms with Gasteiger partial charge in [0.25, 0.3) is 0 Å². The molecule has 0 N–H and O–H groups in total. The number of fused-ring (bicyclic) bond motifs is 1. The van der Waals surface area contributed by atoms with Crippen molar-refractivity contribution in [2.75, 3.05) is 0 Å². The molecule has 5 nitrogen and oxygen atoms in total. The van der Waals surface area contributed by atoms with Crippen molar-refractivity contribution in [2.45, 2.75) is 39.3 Å². The minimum absolute atomic E-state index is 0.365. The summed E-state index contributed by atoms with van der Waals surface area (Å²) < 4.78 is 7.32. The van der Waals surface area contributed by atoms with E-state index in [4.69, 9.17) is 27.9 Å². The summed E-state index contributed by atoms with van der Waals surface area (Å²) >= 11 is 12.6. The topological polar surface area (TPSA) is 56.5 Å². The minimum atomic E-state index is -0.636. The number of nitrogens with zero attached hydrogens (tertiary/aromatic N) is 3. The fraction of sp³-hybridized carbons (Fsp3) is 0.389. The third-order valence-electron chi connectivity index (χ3n) is 3.93. The Morgan fingerprint density at radius 1 is 1.24 bits per heavy atom. The molecule has 1 aromatic carbocycles. The highest BCUT2D eigenvalue weighted by molar-refractivity contribution is 6.42. The van der Waals surface area contributed by atoms with Crippen molar-refractivity contribution in [1.29, 1.82) is 0 Å². The summed E-state index contributed by atoms with van der Waals surface area (Å²) in [6.45, 7) is 7.32. The number of rotatable bonds is 2. The van der Waals surface area contributed by atoms with Crippen molar-refractivity contribution < 1.29 is 9.53 Å². The van der Waals surface area contributed by atoms with Crippen molar-refractivity contribution in [3.05, 3.63) is 46.1 Å². The number of hydrogen-bond donors (Lipinski definition) is 0. The maximum Gasteiger partial charge on any atom is 0.317 e. The molecule has 0 bridgehead atoms. The van der Waals surface area contributed by atoms with Crippen LogP contribution >= 0.6 is 23.2 Å². The standard InChI is InChI=1S/C18H19Cl2N3O2/c1-10-14(17(24)25-18(2,3)4)16(23-13(22-10)8-9-21-23)11-6-5-7-12(19)15(11)20/h5-9,14,16H,1-4H3. The van der Waals surface area contributed by atoms with Gasteiger partial charge in [-0.15, -0.1) is 0 Å². The van der Waals surface area contributed by atoms with Crippen LogP contribution in [0.1, 0.15) is 39.3 Å². The molecule has 0 fully saturated rings. The molecular weight excluding hydrogens is 361 g/mol. The van der Waals surface area contributed by atoms with Gasteiger partial charge in [-0.2, -0.15) is 5.10 Å². The van der Waals surface area contributed by atoms with E-state index in [0.717, 1.165) is 0 Å². The van der Waals surface area contributed by atoms with Crippen molar-refractivity contribution in [3.63, 3.8) is 0 Å². The van der Waals surface area contributed by atoms with Crippen LogP contribution in [0.25, 0.3) is 0 Å². The van der Waals surface area contributed by atoms with E-state index < -0.39 is 17.6 Å². The number of carbonyl (C=O) groups excluding carboxylic acids is 1. The third-order valence-corrected chi connectivity index (χ3v) is 4.76. The minimum Gasteiger partial charge on any atom is -0.459 e. The maximum atomic E-state index is 12.9. The first-order valence-corrected chi connectivity index (χ1v) is 8.70. The second-order valence-corrected chi connectivity index (χ2v) is 7.77. The van der Waals surface area contributed by atoms with E-state index in [1.54, 1.807) is 29.1 Å².